The highest BCUT2D eigenvalue weighted by Gasteiger charge is 2.07. The van der Waals surface area contributed by atoms with E-state index in [0.29, 0.717) is 22.9 Å². The third-order valence-corrected chi connectivity index (χ3v) is 3.61. The second-order valence-corrected chi connectivity index (χ2v) is 5.15. The number of aryl methyl sites for hydroxylation is 1. The molecule has 0 atom stereocenters. The van der Waals surface area contributed by atoms with Crippen LogP contribution in [0.5, 0.6) is 5.75 Å². The Morgan fingerprint density at radius 2 is 2.37 bits per heavy atom. The number of nitrogens with zero attached hydrogens (tertiary/aromatic N) is 2. The Morgan fingerprint density at radius 1 is 1.58 bits per heavy atom. The van der Waals surface area contributed by atoms with Crippen LogP contribution >= 0.6 is 22.9 Å². The lowest BCUT2D eigenvalue weighted by atomic mass is 10.2. The number of benzene rings is 1. The summed E-state index contributed by atoms with van der Waals surface area (Å²) in [5, 5.41) is 14.7. The van der Waals surface area contributed by atoms with Crippen LogP contribution in [0.2, 0.25) is 5.02 Å². The minimum Gasteiger partial charge on any atom is -0.486 e. The van der Waals surface area contributed by atoms with Crippen LogP contribution in [0.15, 0.2) is 28.7 Å². The Bertz CT molecular complexity index is 613. The molecule has 1 aromatic heterocycles. The number of nitrogens with two attached hydrogens (primary N) is 1. The topological polar surface area (TPSA) is 80.7 Å². The normalized spacial score (nSPS) is 11.6. The van der Waals surface area contributed by atoms with E-state index in [9.17, 15) is 0 Å². The number of hydrogen-bond acceptors (Lipinski definition) is 5. The number of rotatable bonds is 4. The van der Waals surface area contributed by atoms with Crippen molar-refractivity contribution in [2.45, 2.75) is 13.5 Å². The molecule has 0 aliphatic heterocycles. The van der Waals surface area contributed by atoms with Crippen molar-refractivity contribution in [1.82, 2.24) is 4.98 Å². The highest BCUT2D eigenvalue weighted by Crippen LogP contribution is 2.23. The third-order valence-electron chi connectivity index (χ3n) is 2.35. The Balaban J connectivity index is 2.08. The van der Waals surface area contributed by atoms with E-state index in [1.807, 2.05) is 12.3 Å². The quantitative estimate of drug-likeness (QED) is 0.393. The van der Waals surface area contributed by atoms with Gasteiger partial charge in [0.2, 0.25) is 0 Å². The van der Waals surface area contributed by atoms with Gasteiger partial charge in [-0.15, -0.1) is 11.3 Å². The zero-order chi connectivity index (χ0) is 13.8. The van der Waals surface area contributed by atoms with Gasteiger partial charge in [-0.2, -0.15) is 0 Å². The Kier molecular flexibility index (Phi) is 4.24. The summed E-state index contributed by atoms with van der Waals surface area (Å²) in [6.45, 7) is 2.32. The van der Waals surface area contributed by atoms with Gasteiger partial charge in [-0.1, -0.05) is 16.8 Å². The lowest BCUT2D eigenvalue weighted by molar-refractivity contribution is 0.305. The largest absolute Gasteiger partial charge is 0.486 e. The van der Waals surface area contributed by atoms with Crippen molar-refractivity contribution >= 4 is 28.8 Å². The van der Waals surface area contributed by atoms with Crippen LogP contribution in [0.25, 0.3) is 0 Å². The first-order chi connectivity index (χ1) is 9.10. The molecule has 7 heteroatoms. The van der Waals surface area contributed by atoms with Crippen molar-refractivity contribution in [2.24, 2.45) is 10.9 Å². The first-order valence-corrected chi connectivity index (χ1v) is 6.67. The molecular formula is C12H12ClN3O2S. The van der Waals surface area contributed by atoms with Crippen LogP contribution in [0.4, 0.5) is 0 Å². The van der Waals surface area contributed by atoms with E-state index in [4.69, 9.17) is 27.3 Å². The summed E-state index contributed by atoms with van der Waals surface area (Å²) in [7, 11) is 0. The molecule has 0 radical (unpaired) electrons. The molecule has 0 bridgehead atoms. The van der Waals surface area contributed by atoms with E-state index in [1.54, 1.807) is 29.5 Å². The minimum atomic E-state index is -0.0351. The van der Waals surface area contributed by atoms with Gasteiger partial charge < -0.3 is 15.7 Å². The molecule has 2 aromatic rings. The van der Waals surface area contributed by atoms with Crippen molar-refractivity contribution in [3.63, 3.8) is 0 Å². The lowest BCUT2D eigenvalue weighted by Crippen LogP contribution is -2.13. The summed E-state index contributed by atoms with van der Waals surface area (Å²) >= 11 is 7.57. The van der Waals surface area contributed by atoms with Gasteiger partial charge in [-0.05, 0) is 25.1 Å². The van der Waals surface area contributed by atoms with Crippen molar-refractivity contribution in [2.75, 3.05) is 0 Å². The molecule has 5 nitrogen and oxygen atoms in total. The van der Waals surface area contributed by atoms with E-state index in [0.717, 1.165) is 10.7 Å². The molecule has 0 unspecified atom stereocenters. The maximum Gasteiger partial charge on any atom is 0.171 e. The van der Waals surface area contributed by atoms with Crippen LogP contribution in [0, 0.1) is 6.92 Å². The second kappa shape index (κ2) is 5.90. The fraction of sp³-hybridized carbons (Fsp3) is 0.167. The van der Waals surface area contributed by atoms with Gasteiger partial charge in [-0.25, -0.2) is 4.98 Å². The van der Waals surface area contributed by atoms with E-state index >= 15 is 0 Å². The molecule has 0 saturated heterocycles. The summed E-state index contributed by atoms with van der Waals surface area (Å²) in [4.78, 5) is 4.30. The molecule has 0 saturated carbocycles. The summed E-state index contributed by atoms with van der Waals surface area (Å²) in [6, 6.07) is 4.97. The highest BCUT2D eigenvalue weighted by molar-refractivity contribution is 7.09. The Morgan fingerprint density at radius 3 is 2.95 bits per heavy atom. The van der Waals surface area contributed by atoms with Gasteiger partial charge in [0.1, 0.15) is 17.4 Å². The summed E-state index contributed by atoms with van der Waals surface area (Å²) in [6.07, 6.45) is 0. The smallest absolute Gasteiger partial charge is 0.171 e. The highest BCUT2D eigenvalue weighted by atomic mass is 35.5. The van der Waals surface area contributed by atoms with Crippen LogP contribution in [0.1, 0.15) is 16.3 Å². The monoisotopic (exact) mass is 297 g/mol. The SMILES string of the molecule is Cc1csc(COc2ccc(/C(N)=N/O)c(Cl)c2)n1. The van der Waals surface area contributed by atoms with Gasteiger partial charge in [0, 0.05) is 16.6 Å². The molecule has 3 N–H and O–H groups in total. The average molecular weight is 298 g/mol. The number of thiazole rings is 1. The van der Waals surface area contributed by atoms with Crippen molar-refractivity contribution in [3.05, 3.63) is 44.9 Å². The van der Waals surface area contributed by atoms with Crippen LogP contribution < -0.4 is 10.5 Å². The predicted octanol–water partition coefficient (Wildman–Crippen LogP) is 2.78. The number of amidine groups is 1. The zero-order valence-corrected chi connectivity index (χ0v) is 11.7. The van der Waals surface area contributed by atoms with Gasteiger partial charge in [0.05, 0.1) is 5.02 Å². The molecule has 100 valence electrons. The molecule has 1 aromatic carbocycles. The molecule has 0 aliphatic rings. The zero-order valence-electron chi connectivity index (χ0n) is 10.1. The van der Waals surface area contributed by atoms with Crippen LogP contribution in [-0.4, -0.2) is 16.0 Å². The standard InChI is InChI=1S/C12H12ClN3O2S/c1-7-6-19-11(15-7)5-18-8-2-3-9(10(13)4-8)12(14)16-17/h2-4,6,17H,5H2,1H3,(H2,14,16). The number of hydrogen-bond donors (Lipinski definition) is 2. The first-order valence-electron chi connectivity index (χ1n) is 5.41. The molecule has 0 spiro atoms. The summed E-state index contributed by atoms with van der Waals surface area (Å²) in [5.74, 6) is 0.569. The molecule has 19 heavy (non-hydrogen) atoms. The minimum absolute atomic E-state index is 0.0351. The van der Waals surface area contributed by atoms with E-state index in [1.165, 1.54) is 0 Å². The summed E-state index contributed by atoms with van der Waals surface area (Å²) < 4.78 is 5.57. The fourth-order valence-electron chi connectivity index (χ4n) is 1.46. The van der Waals surface area contributed by atoms with Gasteiger partial charge in [0.25, 0.3) is 0 Å². The Labute approximate surface area is 119 Å². The van der Waals surface area contributed by atoms with Gasteiger partial charge in [0.15, 0.2) is 5.84 Å². The number of aromatic nitrogens is 1. The molecule has 0 aliphatic carbocycles. The number of ether oxygens (including phenoxy) is 1. The maximum absolute atomic E-state index is 8.60. The molecular weight excluding hydrogens is 286 g/mol. The molecule has 0 fully saturated rings. The van der Waals surface area contributed by atoms with Gasteiger partial charge >= 0.3 is 0 Å². The van der Waals surface area contributed by atoms with Crippen molar-refractivity contribution in [1.29, 1.82) is 0 Å². The second-order valence-electron chi connectivity index (χ2n) is 3.80. The van der Waals surface area contributed by atoms with E-state index in [2.05, 4.69) is 10.1 Å². The maximum atomic E-state index is 8.60. The molecule has 0 amide bonds. The van der Waals surface area contributed by atoms with Gasteiger partial charge in [-0.3, -0.25) is 0 Å². The Hall–Kier alpha value is -1.79. The number of oxime groups is 1. The van der Waals surface area contributed by atoms with E-state index < -0.39 is 0 Å². The van der Waals surface area contributed by atoms with Crippen molar-refractivity contribution in [3.8, 4) is 5.75 Å². The first kappa shape index (κ1) is 13.6. The van der Waals surface area contributed by atoms with Crippen LogP contribution in [0.3, 0.4) is 0 Å². The molecule has 2 rings (SSSR count). The number of halogens is 1. The van der Waals surface area contributed by atoms with E-state index in [-0.39, 0.29) is 5.84 Å². The third kappa shape index (κ3) is 3.36. The summed E-state index contributed by atoms with van der Waals surface area (Å²) in [5.41, 5.74) is 6.92. The predicted molar refractivity (Wildman–Crippen MR) is 75.1 cm³/mol. The fourth-order valence-corrected chi connectivity index (χ4v) is 2.41. The molecule has 1 heterocycles. The van der Waals surface area contributed by atoms with Crippen molar-refractivity contribution < 1.29 is 9.94 Å². The van der Waals surface area contributed by atoms with Crippen LogP contribution in [-0.2, 0) is 6.61 Å². The average Bonchev–Trinajstić information content (AvgIpc) is 2.81. The lowest BCUT2D eigenvalue weighted by Gasteiger charge is -2.07.